The second kappa shape index (κ2) is 9.74. The number of benzene rings is 2. The number of hydrogen-bond acceptors (Lipinski definition) is 4. The molecule has 1 aliphatic rings. The maximum absolute atomic E-state index is 12.6. The molecule has 1 fully saturated rings. The number of halogens is 1. The van der Waals surface area contributed by atoms with Crippen LogP contribution >= 0.6 is 11.6 Å². The van der Waals surface area contributed by atoms with Crippen LogP contribution in [0.25, 0.3) is 0 Å². The first-order valence-corrected chi connectivity index (χ1v) is 10.2. The summed E-state index contributed by atoms with van der Waals surface area (Å²) in [6.07, 6.45) is 4.64. The van der Waals surface area contributed by atoms with Crippen LogP contribution in [0.3, 0.4) is 0 Å². The Hall–Kier alpha value is -2.33. The van der Waals surface area contributed by atoms with Crippen LogP contribution in [0, 0.1) is 0 Å². The van der Waals surface area contributed by atoms with Crippen LogP contribution < -0.4 is 4.74 Å². The number of esters is 1. The highest BCUT2D eigenvalue weighted by Gasteiger charge is 2.30. The van der Waals surface area contributed by atoms with Crippen molar-refractivity contribution in [1.29, 1.82) is 0 Å². The third kappa shape index (κ3) is 5.35. The van der Waals surface area contributed by atoms with Crippen LogP contribution in [-0.2, 0) is 9.53 Å². The molecule has 5 heteroatoms. The smallest absolute Gasteiger partial charge is 0.306 e. The van der Waals surface area contributed by atoms with E-state index in [0.29, 0.717) is 28.3 Å². The van der Waals surface area contributed by atoms with E-state index in [1.807, 2.05) is 6.92 Å². The molecule has 1 saturated carbocycles. The van der Waals surface area contributed by atoms with Crippen LogP contribution in [0.2, 0.25) is 5.02 Å². The molecule has 0 amide bonds. The minimum Gasteiger partial charge on any atom is -0.487 e. The van der Waals surface area contributed by atoms with Gasteiger partial charge in [-0.25, -0.2) is 0 Å². The number of carbonyl (C=O) groups excluding carboxylic acids is 2. The van der Waals surface area contributed by atoms with E-state index in [0.717, 1.165) is 32.1 Å². The van der Waals surface area contributed by atoms with Crippen LogP contribution in [0.4, 0.5) is 0 Å². The molecule has 2 aromatic rings. The zero-order valence-electron chi connectivity index (χ0n) is 16.0. The summed E-state index contributed by atoms with van der Waals surface area (Å²) in [5.74, 6) is 0.454. The van der Waals surface area contributed by atoms with Gasteiger partial charge in [-0.15, -0.1) is 0 Å². The molecule has 2 atom stereocenters. The first-order valence-electron chi connectivity index (χ1n) is 9.83. The van der Waals surface area contributed by atoms with Gasteiger partial charge in [0.1, 0.15) is 18.0 Å². The van der Waals surface area contributed by atoms with Crippen LogP contribution in [0.15, 0.2) is 48.5 Å². The third-order valence-electron chi connectivity index (χ3n) is 4.89. The minimum absolute atomic E-state index is 0.0627. The van der Waals surface area contributed by atoms with E-state index in [4.69, 9.17) is 21.1 Å². The van der Waals surface area contributed by atoms with Gasteiger partial charge in [0.15, 0.2) is 5.78 Å². The van der Waals surface area contributed by atoms with Gasteiger partial charge in [0, 0.05) is 22.6 Å². The minimum atomic E-state index is -0.205. The fraction of sp³-hybridized carbons (Fsp3) is 0.391. The highest BCUT2D eigenvalue weighted by atomic mass is 35.5. The van der Waals surface area contributed by atoms with Crippen molar-refractivity contribution < 1.29 is 19.1 Å². The monoisotopic (exact) mass is 400 g/mol. The van der Waals surface area contributed by atoms with Crippen molar-refractivity contribution in [3.05, 3.63) is 64.7 Å². The van der Waals surface area contributed by atoms with E-state index < -0.39 is 0 Å². The molecule has 1 aliphatic carbocycles. The lowest BCUT2D eigenvalue weighted by Crippen LogP contribution is -2.38. The van der Waals surface area contributed by atoms with Crippen molar-refractivity contribution in [2.45, 2.75) is 57.7 Å². The van der Waals surface area contributed by atoms with Gasteiger partial charge in [0.25, 0.3) is 0 Å². The molecule has 0 saturated heterocycles. The lowest BCUT2D eigenvalue weighted by molar-refractivity contribution is -0.156. The quantitative estimate of drug-likeness (QED) is 0.448. The summed E-state index contributed by atoms with van der Waals surface area (Å²) in [6, 6.07) is 13.9. The molecule has 4 nitrogen and oxygen atoms in total. The first-order chi connectivity index (χ1) is 13.6. The standard InChI is InChI=1S/C23H25ClO4/c1-2-5-22(25)28-21-7-4-3-6-20(21)27-19-14-10-17(11-15-19)23(26)16-8-12-18(24)13-9-16/h8-15,20-21H,2-7H2,1H3. The lowest BCUT2D eigenvalue weighted by atomic mass is 9.94. The van der Waals surface area contributed by atoms with Gasteiger partial charge in [0.05, 0.1) is 0 Å². The zero-order valence-corrected chi connectivity index (χ0v) is 16.8. The molecular formula is C23H25ClO4. The molecule has 0 bridgehead atoms. The van der Waals surface area contributed by atoms with Crippen molar-refractivity contribution in [2.75, 3.05) is 0 Å². The number of hydrogen-bond donors (Lipinski definition) is 0. The van der Waals surface area contributed by atoms with Gasteiger partial charge < -0.3 is 9.47 Å². The fourth-order valence-corrected chi connectivity index (χ4v) is 3.52. The summed E-state index contributed by atoms with van der Waals surface area (Å²) in [5.41, 5.74) is 1.18. The van der Waals surface area contributed by atoms with Gasteiger partial charge >= 0.3 is 5.97 Å². The summed E-state index contributed by atoms with van der Waals surface area (Å²) in [6.45, 7) is 1.96. The molecule has 2 unspecified atom stereocenters. The molecule has 0 aromatic heterocycles. The molecule has 0 N–H and O–H groups in total. The third-order valence-corrected chi connectivity index (χ3v) is 5.14. The molecule has 3 rings (SSSR count). The van der Waals surface area contributed by atoms with Crippen LogP contribution in [-0.4, -0.2) is 24.0 Å². The van der Waals surface area contributed by atoms with E-state index in [1.165, 1.54) is 0 Å². The Kier molecular flexibility index (Phi) is 7.10. The number of carbonyl (C=O) groups is 2. The number of rotatable bonds is 7. The van der Waals surface area contributed by atoms with E-state index >= 15 is 0 Å². The summed E-state index contributed by atoms with van der Waals surface area (Å²) < 4.78 is 11.7. The van der Waals surface area contributed by atoms with E-state index in [2.05, 4.69) is 0 Å². The predicted octanol–water partition coefficient (Wildman–Crippen LogP) is 5.60. The highest BCUT2D eigenvalue weighted by Crippen LogP contribution is 2.27. The van der Waals surface area contributed by atoms with Gasteiger partial charge in [-0.05, 0) is 80.6 Å². The topological polar surface area (TPSA) is 52.6 Å². The van der Waals surface area contributed by atoms with Gasteiger partial charge in [-0.2, -0.15) is 0 Å². The molecule has 28 heavy (non-hydrogen) atoms. The number of ether oxygens (including phenoxy) is 2. The zero-order chi connectivity index (χ0) is 19.9. The molecule has 0 spiro atoms. The lowest BCUT2D eigenvalue weighted by Gasteiger charge is -2.31. The Morgan fingerprint density at radius 1 is 0.929 bits per heavy atom. The fourth-order valence-electron chi connectivity index (χ4n) is 3.39. The predicted molar refractivity (Wildman–Crippen MR) is 109 cm³/mol. The summed E-state index contributed by atoms with van der Waals surface area (Å²) in [4.78, 5) is 24.4. The van der Waals surface area contributed by atoms with Gasteiger partial charge in [-0.3, -0.25) is 9.59 Å². The van der Waals surface area contributed by atoms with Crippen molar-refractivity contribution in [3.8, 4) is 5.75 Å². The van der Waals surface area contributed by atoms with E-state index in [1.54, 1.807) is 48.5 Å². The second-order valence-electron chi connectivity index (χ2n) is 7.08. The molecule has 148 valence electrons. The van der Waals surface area contributed by atoms with E-state index in [-0.39, 0.29) is 24.0 Å². The maximum Gasteiger partial charge on any atom is 0.306 e. The average molecular weight is 401 g/mol. The Bertz CT molecular complexity index is 798. The van der Waals surface area contributed by atoms with Gasteiger partial charge in [0.2, 0.25) is 0 Å². The Balaban J connectivity index is 1.64. The molecule has 0 radical (unpaired) electrons. The maximum atomic E-state index is 12.6. The van der Waals surface area contributed by atoms with Crippen molar-refractivity contribution in [2.24, 2.45) is 0 Å². The van der Waals surface area contributed by atoms with Crippen molar-refractivity contribution >= 4 is 23.4 Å². The number of ketones is 1. The summed E-state index contributed by atoms with van der Waals surface area (Å²) >= 11 is 5.88. The molecule has 2 aromatic carbocycles. The molecule has 0 aliphatic heterocycles. The summed E-state index contributed by atoms with van der Waals surface area (Å²) in [7, 11) is 0. The largest absolute Gasteiger partial charge is 0.487 e. The van der Waals surface area contributed by atoms with Crippen LogP contribution in [0.5, 0.6) is 5.75 Å². The van der Waals surface area contributed by atoms with Crippen LogP contribution in [0.1, 0.15) is 61.4 Å². The molecule has 0 heterocycles. The van der Waals surface area contributed by atoms with E-state index in [9.17, 15) is 9.59 Å². The van der Waals surface area contributed by atoms with Crippen molar-refractivity contribution in [1.82, 2.24) is 0 Å². The SMILES string of the molecule is CCCC(=O)OC1CCCCC1Oc1ccc(C(=O)c2ccc(Cl)cc2)cc1. The molecular weight excluding hydrogens is 376 g/mol. The Morgan fingerprint density at radius 3 is 2.11 bits per heavy atom. The summed E-state index contributed by atoms with van der Waals surface area (Å²) in [5, 5.41) is 0.599. The highest BCUT2D eigenvalue weighted by molar-refractivity contribution is 6.30. The average Bonchev–Trinajstić information content (AvgIpc) is 2.70. The van der Waals surface area contributed by atoms with Gasteiger partial charge in [-0.1, -0.05) is 18.5 Å². The van der Waals surface area contributed by atoms with Crippen molar-refractivity contribution in [3.63, 3.8) is 0 Å². The second-order valence-corrected chi connectivity index (χ2v) is 7.52. The Morgan fingerprint density at radius 2 is 1.50 bits per heavy atom. The first kappa shape index (κ1) is 20.4. The normalized spacial score (nSPS) is 19.1. The Labute approximate surface area is 170 Å².